The Labute approximate surface area is 173 Å². The highest BCUT2D eigenvalue weighted by molar-refractivity contribution is 6.03. The molecule has 9 heteroatoms. The molecule has 154 valence electrons. The minimum Gasteiger partial charge on any atom is -0.340 e. The molecule has 0 amide bonds. The van der Waals surface area contributed by atoms with Crippen molar-refractivity contribution in [3.05, 3.63) is 59.4 Å². The third-order valence-corrected chi connectivity index (χ3v) is 5.91. The smallest absolute Gasteiger partial charge is 0.225 e. The first-order chi connectivity index (χ1) is 14.5. The lowest BCUT2D eigenvalue weighted by Gasteiger charge is -2.21. The molecular weight excluding hydrogens is 385 g/mol. The third kappa shape index (κ3) is 3.24. The van der Waals surface area contributed by atoms with Crippen molar-refractivity contribution in [1.82, 2.24) is 30.3 Å². The number of hydrogen-bond acceptors (Lipinski definition) is 7. The lowest BCUT2D eigenvalue weighted by molar-refractivity contribution is 0.0930. The van der Waals surface area contributed by atoms with E-state index in [4.69, 9.17) is 0 Å². The predicted octanol–water partition coefficient (Wildman–Crippen LogP) is 1.72. The lowest BCUT2D eigenvalue weighted by atomic mass is 9.89. The summed E-state index contributed by atoms with van der Waals surface area (Å²) in [5.41, 5.74) is 2.63. The van der Waals surface area contributed by atoms with Crippen molar-refractivity contribution in [3.63, 3.8) is 0 Å². The summed E-state index contributed by atoms with van der Waals surface area (Å²) in [6, 6.07) is 5.71. The van der Waals surface area contributed by atoms with Gasteiger partial charge in [-0.05, 0) is 38.0 Å². The highest BCUT2D eigenvalue weighted by Crippen LogP contribution is 2.34. The van der Waals surface area contributed by atoms with Crippen LogP contribution >= 0.6 is 0 Å². The molecule has 3 atom stereocenters. The number of aromatic nitrogens is 5. The van der Waals surface area contributed by atoms with Crippen LogP contribution < -0.4 is 10.2 Å². The van der Waals surface area contributed by atoms with Gasteiger partial charge in [-0.15, -0.1) is 0 Å². The Morgan fingerprint density at radius 1 is 1.10 bits per heavy atom. The number of nitrogens with one attached hydrogen (secondary N) is 1. The van der Waals surface area contributed by atoms with Gasteiger partial charge in [0.2, 0.25) is 5.95 Å². The monoisotopic (exact) mass is 407 g/mol. The number of fused-ring (bicyclic) bond motifs is 1. The molecule has 3 aromatic rings. The molecule has 2 aliphatic heterocycles. The lowest BCUT2D eigenvalue weighted by Crippen LogP contribution is -2.39. The van der Waals surface area contributed by atoms with Crippen molar-refractivity contribution >= 4 is 11.7 Å². The number of ketones is 1. The van der Waals surface area contributed by atoms with Gasteiger partial charge in [0.1, 0.15) is 5.82 Å². The molecular formula is C21H22FN7O. The van der Waals surface area contributed by atoms with Crippen molar-refractivity contribution in [2.24, 2.45) is 11.8 Å². The zero-order chi connectivity index (χ0) is 20.8. The molecule has 0 bridgehead atoms. The van der Waals surface area contributed by atoms with E-state index in [0.29, 0.717) is 23.7 Å². The second kappa shape index (κ2) is 7.24. The van der Waals surface area contributed by atoms with Crippen LogP contribution in [0.3, 0.4) is 0 Å². The fourth-order valence-electron chi connectivity index (χ4n) is 4.61. The number of benzene rings is 1. The molecule has 0 radical (unpaired) electrons. The molecule has 1 N–H and O–H groups in total. The molecule has 4 heterocycles. The molecule has 8 nitrogen and oxygen atoms in total. The third-order valence-electron chi connectivity index (χ3n) is 5.91. The van der Waals surface area contributed by atoms with E-state index in [9.17, 15) is 9.18 Å². The number of carbonyl (C=O) groups excluding carboxylic acids is 1. The Morgan fingerprint density at radius 3 is 2.57 bits per heavy atom. The van der Waals surface area contributed by atoms with Gasteiger partial charge in [-0.2, -0.15) is 15.0 Å². The van der Waals surface area contributed by atoms with Crippen molar-refractivity contribution in [2.75, 3.05) is 24.5 Å². The van der Waals surface area contributed by atoms with E-state index in [0.717, 1.165) is 30.4 Å². The van der Waals surface area contributed by atoms with Crippen LogP contribution in [-0.2, 0) is 0 Å². The zero-order valence-corrected chi connectivity index (χ0v) is 16.8. The quantitative estimate of drug-likeness (QED) is 0.659. The summed E-state index contributed by atoms with van der Waals surface area (Å²) in [5.74, 6) is 0.671. The van der Waals surface area contributed by atoms with E-state index in [-0.39, 0.29) is 17.7 Å². The Kier molecular flexibility index (Phi) is 4.54. The molecule has 0 aliphatic carbocycles. The largest absolute Gasteiger partial charge is 0.340 e. The second-order valence-corrected chi connectivity index (χ2v) is 8.01. The second-order valence-electron chi connectivity index (χ2n) is 8.01. The van der Waals surface area contributed by atoms with E-state index in [2.05, 4.69) is 30.4 Å². The minimum atomic E-state index is -0.435. The topological polar surface area (TPSA) is 88.8 Å². The highest BCUT2D eigenvalue weighted by Gasteiger charge is 2.46. The van der Waals surface area contributed by atoms with Gasteiger partial charge in [-0.3, -0.25) is 4.79 Å². The summed E-state index contributed by atoms with van der Waals surface area (Å²) in [6.07, 6.45) is 3.00. The molecule has 2 aliphatic rings. The number of hydrogen-bond donors (Lipinski definition) is 1. The van der Waals surface area contributed by atoms with Crippen LogP contribution in [0, 0.1) is 31.5 Å². The number of rotatable bonds is 4. The first kappa shape index (κ1) is 18.8. The van der Waals surface area contributed by atoms with Crippen LogP contribution in [0.5, 0.6) is 0 Å². The fraction of sp³-hybridized carbons (Fsp3) is 0.381. The van der Waals surface area contributed by atoms with Crippen LogP contribution in [0.2, 0.25) is 0 Å². The average molecular weight is 407 g/mol. The summed E-state index contributed by atoms with van der Waals surface area (Å²) < 4.78 is 13.9. The van der Waals surface area contributed by atoms with Crippen LogP contribution in [0.4, 0.5) is 10.3 Å². The van der Waals surface area contributed by atoms with Gasteiger partial charge in [-0.25, -0.2) is 14.4 Å². The zero-order valence-electron chi connectivity index (χ0n) is 16.8. The van der Waals surface area contributed by atoms with Gasteiger partial charge < -0.3 is 10.2 Å². The van der Waals surface area contributed by atoms with Gasteiger partial charge in [0.15, 0.2) is 5.78 Å². The van der Waals surface area contributed by atoms with Gasteiger partial charge in [0.05, 0.1) is 24.1 Å². The van der Waals surface area contributed by atoms with Crippen LogP contribution in [0.1, 0.15) is 21.7 Å². The number of anilines is 1. The molecule has 0 spiro atoms. The van der Waals surface area contributed by atoms with Gasteiger partial charge >= 0.3 is 0 Å². The predicted molar refractivity (Wildman–Crippen MR) is 108 cm³/mol. The molecule has 1 aromatic carbocycles. The van der Waals surface area contributed by atoms with Crippen LogP contribution in [-0.4, -0.2) is 56.4 Å². The summed E-state index contributed by atoms with van der Waals surface area (Å²) in [5, 5.41) is 11.5. The summed E-state index contributed by atoms with van der Waals surface area (Å²) in [4.78, 5) is 26.1. The van der Waals surface area contributed by atoms with Crippen molar-refractivity contribution < 1.29 is 9.18 Å². The standard InChI is InChI=1S/C21H22FN7O/c1-12-7-13(2)27-21(26-12)28-10-14-9-23-19(17(14)11-28)20(30)16-4-3-15(22)8-18(16)29-24-5-6-25-29/h3-8,14,17,19,23H,9-11H2,1-2H3. The number of Topliss-reactive ketones (excluding diaryl/α,β-unsaturated/α-hetero) is 1. The average Bonchev–Trinajstić information content (AvgIpc) is 3.43. The highest BCUT2D eigenvalue weighted by atomic mass is 19.1. The van der Waals surface area contributed by atoms with E-state index in [1.807, 2.05) is 19.9 Å². The molecule has 2 aromatic heterocycles. The Hall–Kier alpha value is -3.20. The first-order valence-electron chi connectivity index (χ1n) is 10.0. The Morgan fingerprint density at radius 2 is 1.83 bits per heavy atom. The minimum absolute atomic E-state index is 0.0713. The van der Waals surface area contributed by atoms with Gasteiger partial charge in [0.25, 0.3) is 0 Å². The summed E-state index contributed by atoms with van der Waals surface area (Å²) in [7, 11) is 0. The summed E-state index contributed by atoms with van der Waals surface area (Å²) >= 11 is 0. The first-order valence-corrected chi connectivity index (χ1v) is 10.0. The normalized spacial score (nSPS) is 23.0. The van der Waals surface area contributed by atoms with E-state index in [1.54, 1.807) is 0 Å². The maximum absolute atomic E-state index is 13.9. The van der Waals surface area contributed by atoms with Crippen LogP contribution in [0.15, 0.2) is 36.7 Å². The van der Waals surface area contributed by atoms with Crippen molar-refractivity contribution in [1.29, 1.82) is 0 Å². The number of aryl methyl sites for hydroxylation is 2. The molecule has 2 fully saturated rings. The number of nitrogens with zero attached hydrogens (tertiary/aromatic N) is 6. The number of halogens is 1. The van der Waals surface area contributed by atoms with Crippen molar-refractivity contribution in [3.8, 4) is 5.69 Å². The number of carbonyl (C=O) groups is 1. The fourth-order valence-corrected chi connectivity index (χ4v) is 4.61. The maximum Gasteiger partial charge on any atom is 0.225 e. The molecule has 5 rings (SSSR count). The van der Waals surface area contributed by atoms with Crippen LogP contribution in [0.25, 0.3) is 5.69 Å². The molecule has 3 unspecified atom stereocenters. The Bertz CT molecular complexity index is 1080. The van der Waals surface area contributed by atoms with Gasteiger partial charge in [-0.1, -0.05) is 0 Å². The molecule has 0 saturated carbocycles. The maximum atomic E-state index is 13.9. The van der Waals surface area contributed by atoms with E-state index < -0.39 is 5.82 Å². The van der Waals surface area contributed by atoms with Crippen molar-refractivity contribution in [2.45, 2.75) is 19.9 Å². The summed E-state index contributed by atoms with van der Waals surface area (Å²) in [6.45, 7) is 6.18. The Balaban J connectivity index is 1.42. The molecule has 30 heavy (non-hydrogen) atoms. The van der Waals surface area contributed by atoms with E-state index >= 15 is 0 Å². The SMILES string of the molecule is Cc1cc(C)nc(N2CC3CNC(C(=O)c4ccc(F)cc4-n4nccn4)C3C2)n1. The van der Waals surface area contributed by atoms with E-state index in [1.165, 1.54) is 35.4 Å². The molecule has 2 saturated heterocycles. The van der Waals surface area contributed by atoms with Gasteiger partial charge in [0, 0.05) is 48.6 Å².